The average molecular weight is 1130 g/mol. The van der Waals surface area contributed by atoms with Crippen LogP contribution in [-0.2, 0) is 0 Å². The highest BCUT2D eigenvalue weighted by Crippen LogP contribution is 2.41. The standard InChI is InChI=1S/C31H31FN6O3.C25H19FN4O4.C6H14N2/c1-36(2)22-8-11-38(18-22)31(39)26-14-28(40-3)24(16-35-26)29-13-25-30(41-29)23(6-9-34-25)19-4-5-27(20(12-19)15-33)37-10-7-21(32)17-37;1-33-22-10-20(25(31)32)29-12-18(22)23-9-19-24(34-23)17(4-6-28-19)14-2-3-21(15(8-14)11-27)30-7-5-16(26)13-30;1-8(2)6-3-4-7-5-6/h4-6,9,12-14,16,21-22H,7-8,10-11,17-18H2,1-3H3;2-4,6,8-10,12,16H,5,7,13H2,1H3,(H,31,32);6-7H,3-5H2,1-2H3/t21?,22-;;6-/m1.1/s1. The topological polar surface area (TPSA) is 226 Å². The largest absolute Gasteiger partial charge is 0.496 e. The number of amides is 1. The zero-order valence-electron chi connectivity index (χ0n) is 47.1. The van der Waals surface area contributed by atoms with Crippen molar-refractivity contribution >= 4 is 45.5 Å². The fraction of sp³-hybridized carbons (Fsp3) is 0.355. The fourth-order valence-electron chi connectivity index (χ4n) is 11.0. The first-order valence-electron chi connectivity index (χ1n) is 27.4. The van der Waals surface area contributed by atoms with Gasteiger partial charge in [0.1, 0.15) is 64.2 Å². The number of likely N-dealkylation sites (N-methyl/N-ethyl adjacent to an activating group) is 2. The molecule has 8 aromatic rings. The molecule has 2 aromatic carbocycles. The minimum atomic E-state index is -1.16. The number of likely N-dealkylation sites (tertiary alicyclic amines) is 1. The van der Waals surface area contributed by atoms with E-state index in [9.17, 15) is 34.0 Å². The summed E-state index contributed by atoms with van der Waals surface area (Å²) in [6.07, 6.45) is 7.72. The number of methoxy groups -OCH3 is 2. The number of ether oxygens (including phenoxy) is 2. The first-order chi connectivity index (χ1) is 40.1. The number of aromatic nitrogens is 4. The number of anilines is 2. The van der Waals surface area contributed by atoms with Crippen molar-refractivity contribution in [3.63, 3.8) is 0 Å². The number of carbonyl (C=O) groups excluding carboxylic acids is 1. The van der Waals surface area contributed by atoms with Gasteiger partial charge >= 0.3 is 5.97 Å². The number of carbonyl (C=O) groups is 2. The van der Waals surface area contributed by atoms with E-state index in [1.807, 2.05) is 65.2 Å². The number of carboxylic acids is 1. The quantitative estimate of drug-likeness (QED) is 0.116. The van der Waals surface area contributed by atoms with Crippen LogP contribution in [0.4, 0.5) is 20.2 Å². The molecular weight excluding hydrogens is 1060 g/mol. The minimum absolute atomic E-state index is 0.125. The molecule has 0 spiro atoms. The number of hydrogen-bond acceptors (Lipinski definition) is 17. The molecule has 83 heavy (non-hydrogen) atoms. The zero-order chi connectivity index (χ0) is 58.5. The predicted molar refractivity (Wildman–Crippen MR) is 311 cm³/mol. The molecular formula is C62H64F2N12O7. The van der Waals surface area contributed by atoms with Gasteiger partial charge in [0.15, 0.2) is 16.9 Å². The Balaban J connectivity index is 0.000000165. The van der Waals surface area contributed by atoms with Crippen LogP contribution in [0.15, 0.2) is 106 Å². The summed E-state index contributed by atoms with van der Waals surface area (Å²) in [5.74, 6) is 0.410. The van der Waals surface area contributed by atoms with E-state index in [4.69, 9.17) is 18.3 Å². The van der Waals surface area contributed by atoms with Crippen LogP contribution >= 0.6 is 0 Å². The van der Waals surface area contributed by atoms with Gasteiger partial charge in [0.05, 0.1) is 47.8 Å². The van der Waals surface area contributed by atoms with E-state index in [2.05, 4.69) is 61.3 Å². The summed E-state index contributed by atoms with van der Waals surface area (Å²) >= 11 is 0. The summed E-state index contributed by atoms with van der Waals surface area (Å²) < 4.78 is 50.9. The first-order valence-corrected chi connectivity index (χ1v) is 27.4. The molecule has 4 aliphatic rings. The van der Waals surface area contributed by atoms with Crippen LogP contribution in [0.3, 0.4) is 0 Å². The number of nitrogens with one attached hydrogen (secondary N) is 1. The highest BCUT2D eigenvalue weighted by molar-refractivity contribution is 5.96. The van der Waals surface area contributed by atoms with Gasteiger partial charge in [-0.2, -0.15) is 10.5 Å². The molecule has 4 aliphatic heterocycles. The Labute approximate surface area is 479 Å². The zero-order valence-corrected chi connectivity index (χ0v) is 47.1. The number of benzene rings is 2. The number of rotatable bonds is 12. The van der Waals surface area contributed by atoms with Crippen molar-refractivity contribution in [2.75, 3.05) is 105 Å². The number of halogens is 2. The Morgan fingerprint density at radius 1 is 0.639 bits per heavy atom. The number of aromatic carboxylic acids is 1. The molecule has 21 heteroatoms. The molecule has 0 radical (unpaired) electrons. The molecule has 2 N–H and O–H groups in total. The molecule has 2 unspecified atom stereocenters. The number of fused-ring (bicyclic) bond motifs is 2. The molecule has 19 nitrogen and oxygen atoms in total. The van der Waals surface area contributed by atoms with Crippen LogP contribution in [0.1, 0.15) is 57.8 Å². The van der Waals surface area contributed by atoms with Crippen LogP contribution in [0.25, 0.3) is 67.1 Å². The Bertz CT molecular complexity index is 3770. The summed E-state index contributed by atoms with van der Waals surface area (Å²) in [6, 6.07) is 26.8. The molecule has 1 amide bonds. The summed E-state index contributed by atoms with van der Waals surface area (Å²) in [5.41, 5.74) is 8.99. The average Bonchev–Trinajstić information content (AvgIpc) is 4.32. The Hall–Kier alpha value is -9.02. The molecule has 12 rings (SSSR count). The van der Waals surface area contributed by atoms with Gasteiger partial charge in [-0.25, -0.2) is 18.6 Å². The third kappa shape index (κ3) is 12.3. The van der Waals surface area contributed by atoms with Crippen LogP contribution in [0.2, 0.25) is 0 Å². The van der Waals surface area contributed by atoms with E-state index >= 15 is 0 Å². The Kier molecular flexibility index (Phi) is 17.2. The first kappa shape index (κ1) is 57.2. The molecule has 4 fully saturated rings. The summed E-state index contributed by atoms with van der Waals surface area (Å²) in [7, 11) is 11.3. The highest BCUT2D eigenvalue weighted by atomic mass is 19.1. The van der Waals surface area contributed by atoms with Gasteiger partial charge in [0, 0.05) is 118 Å². The van der Waals surface area contributed by atoms with E-state index in [0.717, 1.165) is 40.4 Å². The molecule has 6 aromatic heterocycles. The van der Waals surface area contributed by atoms with E-state index in [1.54, 1.807) is 56.0 Å². The summed E-state index contributed by atoms with van der Waals surface area (Å²) in [4.78, 5) is 51.7. The number of nitrogens with zero attached hydrogens (tertiary/aromatic N) is 11. The predicted octanol–water partition coefficient (Wildman–Crippen LogP) is 9.35. The Morgan fingerprint density at radius 3 is 1.55 bits per heavy atom. The van der Waals surface area contributed by atoms with Crippen LogP contribution < -0.4 is 24.6 Å². The van der Waals surface area contributed by atoms with E-state index in [0.29, 0.717) is 130 Å². The summed E-state index contributed by atoms with van der Waals surface area (Å²) in [6.45, 7) is 5.47. The van der Waals surface area contributed by atoms with E-state index < -0.39 is 18.3 Å². The van der Waals surface area contributed by atoms with Crippen molar-refractivity contribution < 1.29 is 41.8 Å². The minimum Gasteiger partial charge on any atom is -0.496 e. The maximum atomic E-state index is 13.8. The van der Waals surface area contributed by atoms with Gasteiger partial charge in [-0.05, 0) is 108 Å². The van der Waals surface area contributed by atoms with Crippen LogP contribution in [0.5, 0.6) is 11.5 Å². The molecule has 0 bridgehead atoms. The third-order valence-corrected chi connectivity index (χ3v) is 15.7. The van der Waals surface area contributed by atoms with E-state index in [-0.39, 0.29) is 18.1 Å². The van der Waals surface area contributed by atoms with Crippen molar-refractivity contribution in [2.45, 2.75) is 50.1 Å². The lowest BCUT2D eigenvalue weighted by Gasteiger charge is -2.20. The normalized spacial score (nSPS) is 18.5. The van der Waals surface area contributed by atoms with Gasteiger partial charge in [0.2, 0.25) is 0 Å². The SMILES string of the molecule is CN(C)[C@@H]1CCNC1.COc1cc(C(=O)N2CC[C@@H](N(C)C)C2)ncc1-c1cc2nccc(-c3ccc(N4CCC(F)C4)c(C#N)c3)c2o1.COc1cc(C(=O)O)ncc1-c1cc2nccc(-c3ccc(N4CCC(F)C4)c(C#N)c3)c2o1. The molecule has 4 saturated heterocycles. The second-order valence-corrected chi connectivity index (χ2v) is 21.3. The lowest BCUT2D eigenvalue weighted by atomic mass is 10.0. The monoisotopic (exact) mass is 1130 g/mol. The van der Waals surface area contributed by atoms with Crippen LogP contribution in [0, 0.1) is 22.7 Å². The summed E-state index contributed by atoms with van der Waals surface area (Å²) in [5, 5.41) is 32.1. The number of pyridine rings is 4. The fourth-order valence-corrected chi connectivity index (χ4v) is 11.0. The van der Waals surface area contributed by atoms with Crippen molar-refractivity contribution in [3.8, 4) is 68.5 Å². The maximum Gasteiger partial charge on any atom is 0.354 e. The van der Waals surface area contributed by atoms with Gasteiger partial charge in [-0.1, -0.05) is 12.1 Å². The van der Waals surface area contributed by atoms with Crippen molar-refractivity contribution in [3.05, 3.63) is 120 Å². The number of carboxylic acid groups (broad SMARTS) is 1. The van der Waals surface area contributed by atoms with Gasteiger partial charge in [0.25, 0.3) is 5.91 Å². The highest BCUT2D eigenvalue weighted by Gasteiger charge is 2.31. The number of nitriles is 2. The van der Waals surface area contributed by atoms with Crippen molar-refractivity contribution in [1.29, 1.82) is 10.5 Å². The maximum absolute atomic E-state index is 13.8. The van der Waals surface area contributed by atoms with E-state index in [1.165, 1.54) is 38.9 Å². The van der Waals surface area contributed by atoms with Crippen molar-refractivity contribution in [1.82, 2.24) is 40.0 Å². The molecule has 0 saturated carbocycles. The van der Waals surface area contributed by atoms with Crippen molar-refractivity contribution in [2.24, 2.45) is 0 Å². The van der Waals surface area contributed by atoms with Crippen LogP contribution in [-0.4, -0.2) is 171 Å². The molecule has 0 aliphatic carbocycles. The second kappa shape index (κ2) is 25.0. The van der Waals surface area contributed by atoms with Gasteiger partial charge in [-0.3, -0.25) is 19.7 Å². The molecule has 428 valence electrons. The lowest BCUT2D eigenvalue weighted by molar-refractivity contribution is 0.0689. The smallest absolute Gasteiger partial charge is 0.354 e. The molecule has 10 heterocycles. The lowest BCUT2D eigenvalue weighted by Crippen LogP contribution is -2.34. The third-order valence-electron chi connectivity index (χ3n) is 15.7. The Morgan fingerprint density at radius 2 is 1.14 bits per heavy atom. The number of hydrogen-bond donors (Lipinski definition) is 2. The second-order valence-electron chi connectivity index (χ2n) is 21.3. The number of furan rings is 2. The number of alkyl halides is 2. The van der Waals surface area contributed by atoms with Gasteiger partial charge < -0.3 is 53.2 Å². The van der Waals surface area contributed by atoms with Gasteiger partial charge in [-0.15, -0.1) is 0 Å². The molecule has 4 atom stereocenters.